The normalized spacial score (nSPS) is 23.0. The summed E-state index contributed by atoms with van der Waals surface area (Å²) >= 11 is 0. The minimum absolute atomic E-state index is 0.00550. The van der Waals surface area contributed by atoms with Crippen molar-refractivity contribution < 1.29 is 19.2 Å². The van der Waals surface area contributed by atoms with E-state index in [4.69, 9.17) is 9.57 Å². The lowest BCUT2D eigenvalue weighted by Gasteiger charge is -2.22. The lowest BCUT2D eigenvalue weighted by Crippen LogP contribution is -2.38. The predicted molar refractivity (Wildman–Crippen MR) is 70.3 cm³/mol. The monoisotopic (exact) mass is 272 g/mol. The molecule has 0 spiro atoms. The highest BCUT2D eigenvalue weighted by Gasteiger charge is 2.33. The van der Waals surface area contributed by atoms with Gasteiger partial charge in [0, 0.05) is 19.0 Å². The number of rotatable bonds is 3. The lowest BCUT2D eigenvalue weighted by atomic mass is 10.1. The number of nitrogens with one attached hydrogen (secondary N) is 1. The van der Waals surface area contributed by atoms with Crippen LogP contribution >= 0.6 is 0 Å². The Morgan fingerprint density at radius 1 is 1.26 bits per heavy atom. The van der Waals surface area contributed by atoms with E-state index in [1.165, 1.54) is 12.2 Å². The zero-order chi connectivity index (χ0) is 14.6. The highest BCUT2D eigenvalue weighted by atomic mass is 16.7. The summed E-state index contributed by atoms with van der Waals surface area (Å²) in [4.78, 5) is 28.4. The van der Waals surface area contributed by atoms with E-state index >= 15 is 0 Å². The number of amides is 2. The number of nitrogens with zero attached hydrogens (tertiary/aromatic N) is 1. The van der Waals surface area contributed by atoms with Crippen molar-refractivity contribution in [3.8, 4) is 0 Å². The molecule has 0 aromatic rings. The number of carbonyl (C=O) groups excluding carboxylic acids is 2. The summed E-state index contributed by atoms with van der Waals surface area (Å²) in [6.45, 7) is 5.46. The fourth-order valence-electron chi connectivity index (χ4n) is 2.16. The molecule has 1 aliphatic carbocycles. The Hall–Kier alpha value is -1.30. The van der Waals surface area contributed by atoms with Crippen LogP contribution in [0.5, 0.6) is 0 Å². The van der Waals surface area contributed by atoms with Gasteiger partial charge in [0.2, 0.25) is 5.91 Å². The summed E-state index contributed by atoms with van der Waals surface area (Å²) in [6, 6.07) is -0.00550. The van der Waals surface area contributed by atoms with E-state index in [0.717, 1.165) is 12.8 Å². The largest absolute Gasteiger partial charge is 0.444 e. The SMILES string of the molecule is CON(C)C(=O)[C@H]1CC[C@@H](NC(=O)OC(C)(C)C)C1. The van der Waals surface area contributed by atoms with Crippen LogP contribution in [0.2, 0.25) is 0 Å². The van der Waals surface area contributed by atoms with Crippen LogP contribution in [-0.2, 0) is 14.4 Å². The van der Waals surface area contributed by atoms with Gasteiger partial charge in [0.25, 0.3) is 0 Å². The first-order valence-electron chi connectivity index (χ1n) is 6.54. The van der Waals surface area contributed by atoms with Crippen LogP contribution < -0.4 is 5.32 Å². The Bertz CT molecular complexity index is 338. The third-order valence-electron chi connectivity index (χ3n) is 3.09. The molecule has 0 unspecified atom stereocenters. The Morgan fingerprint density at radius 2 is 1.89 bits per heavy atom. The topological polar surface area (TPSA) is 67.9 Å². The van der Waals surface area contributed by atoms with Gasteiger partial charge in [-0.2, -0.15) is 0 Å². The molecule has 1 rings (SSSR count). The Morgan fingerprint density at radius 3 is 2.42 bits per heavy atom. The second-order valence-corrected chi connectivity index (χ2v) is 5.87. The quantitative estimate of drug-likeness (QED) is 0.794. The van der Waals surface area contributed by atoms with Gasteiger partial charge in [-0.15, -0.1) is 0 Å². The first kappa shape index (κ1) is 15.8. The molecule has 1 aliphatic rings. The van der Waals surface area contributed by atoms with Crippen molar-refractivity contribution in [3.05, 3.63) is 0 Å². The molecule has 1 fully saturated rings. The van der Waals surface area contributed by atoms with E-state index in [-0.39, 0.29) is 17.9 Å². The van der Waals surface area contributed by atoms with Gasteiger partial charge in [-0.25, -0.2) is 9.86 Å². The summed E-state index contributed by atoms with van der Waals surface area (Å²) in [7, 11) is 3.06. The zero-order valence-corrected chi connectivity index (χ0v) is 12.4. The molecule has 0 saturated heterocycles. The number of hydrogen-bond acceptors (Lipinski definition) is 4. The highest BCUT2D eigenvalue weighted by molar-refractivity contribution is 5.78. The Kier molecular flexibility index (Phi) is 5.17. The molecule has 6 nitrogen and oxygen atoms in total. The van der Waals surface area contributed by atoms with Gasteiger partial charge in [-0.1, -0.05) is 0 Å². The molecule has 19 heavy (non-hydrogen) atoms. The molecule has 1 saturated carbocycles. The van der Waals surface area contributed by atoms with Gasteiger partial charge in [0.05, 0.1) is 7.11 Å². The molecule has 0 bridgehead atoms. The molecule has 2 atom stereocenters. The molecular weight excluding hydrogens is 248 g/mol. The third kappa shape index (κ3) is 5.06. The van der Waals surface area contributed by atoms with Crippen LogP contribution in [-0.4, -0.2) is 42.9 Å². The van der Waals surface area contributed by atoms with Gasteiger partial charge in [0.15, 0.2) is 0 Å². The van der Waals surface area contributed by atoms with Gasteiger partial charge in [-0.05, 0) is 40.0 Å². The summed E-state index contributed by atoms with van der Waals surface area (Å²) in [5, 5.41) is 4.04. The molecule has 2 amide bonds. The van der Waals surface area contributed by atoms with Crippen LogP contribution in [0.25, 0.3) is 0 Å². The molecule has 0 aliphatic heterocycles. The van der Waals surface area contributed by atoms with Crippen molar-refractivity contribution in [1.29, 1.82) is 0 Å². The maximum absolute atomic E-state index is 11.9. The van der Waals surface area contributed by atoms with E-state index in [1.807, 2.05) is 20.8 Å². The molecule has 1 N–H and O–H groups in total. The summed E-state index contributed by atoms with van der Waals surface area (Å²) in [6.07, 6.45) is 1.75. The first-order valence-corrected chi connectivity index (χ1v) is 6.54. The smallest absolute Gasteiger partial charge is 0.407 e. The number of alkyl carbamates (subject to hydrolysis) is 1. The second kappa shape index (κ2) is 6.23. The summed E-state index contributed by atoms with van der Waals surface area (Å²) < 4.78 is 5.19. The van der Waals surface area contributed by atoms with Gasteiger partial charge in [-0.3, -0.25) is 9.63 Å². The van der Waals surface area contributed by atoms with E-state index < -0.39 is 11.7 Å². The van der Waals surface area contributed by atoms with Crippen molar-refractivity contribution >= 4 is 12.0 Å². The molecule has 110 valence electrons. The lowest BCUT2D eigenvalue weighted by molar-refractivity contribution is -0.173. The van der Waals surface area contributed by atoms with Crippen molar-refractivity contribution in [3.63, 3.8) is 0 Å². The van der Waals surface area contributed by atoms with Crippen LogP contribution in [0, 0.1) is 5.92 Å². The molecule has 6 heteroatoms. The van der Waals surface area contributed by atoms with Crippen molar-refractivity contribution in [2.45, 2.75) is 51.7 Å². The third-order valence-corrected chi connectivity index (χ3v) is 3.09. The van der Waals surface area contributed by atoms with Crippen LogP contribution in [0.15, 0.2) is 0 Å². The molecule has 0 aromatic carbocycles. The number of hydroxylamine groups is 2. The fourth-order valence-corrected chi connectivity index (χ4v) is 2.16. The van der Waals surface area contributed by atoms with Gasteiger partial charge in [0.1, 0.15) is 5.60 Å². The maximum atomic E-state index is 11.9. The number of carbonyl (C=O) groups is 2. The summed E-state index contributed by atoms with van der Waals surface area (Å²) in [5.41, 5.74) is -0.506. The average molecular weight is 272 g/mol. The van der Waals surface area contributed by atoms with Crippen molar-refractivity contribution in [1.82, 2.24) is 10.4 Å². The maximum Gasteiger partial charge on any atom is 0.407 e. The van der Waals surface area contributed by atoms with Gasteiger partial charge < -0.3 is 10.1 Å². The minimum atomic E-state index is -0.506. The molecule has 0 radical (unpaired) electrons. The minimum Gasteiger partial charge on any atom is -0.444 e. The van der Waals surface area contributed by atoms with Crippen molar-refractivity contribution in [2.75, 3.05) is 14.2 Å². The summed E-state index contributed by atoms with van der Waals surface area (Å²) in [5.74, 6) is -0.138. The van der Waals surface area contributed by atoms with Crippen molar-refractivity contribution in [2.24, 2.45) is 5.92 Å². The molecule has 0 aromatic heterocycles. The van der Waals surface area contributed by atoms with E-state index in [0.29, 0.717) is 6.42 Å². The Labute approximate surface area is 114 Å². The zero-order valence-electron chi connectivity index (χ0n) is 12.4. The predicted octanol–water partition coefficient (Wildman–Crippen LogP) is 1.70. The Balaban J connectivity index is 2.40. The highest BCUT2D eigenvalue weighted by Crippen LogP contribution is 2.27. The van der Waals surface area contributed by atoms with Crippen LogP contribution in [0.4, 0.5) is 4.79 Å². The standard InChI is InChI=1S/C13H24N2O4/c1-13(2,3)19-12(17)14-10-7-6-9(8-10)11(16)15(4)18-5/h9-10H,6-8H2,1-5H3,(H,14,17)/t9-,10+/m0/s1. The average Bonchev–Trinajstić information content (AvgIpc) is 2.72. The van der Waals surface area contributed by atoms with Crippen LogP contribution in [0.1, 0.15) is 40.0 Å². The molecule has 0 heterocycles. The second-order valence-electron chi connectivity index (χ2n) is 5.87. The van der Waals surface area contributed by atoms with E-state index in [2.05, 4.69) is 5.32 Å². The number of hydrogen-bond donors (Lipinski definition) is 1. The molecular formula is C13H24N2O4. The van der Waals surface area contributed by atoms with E-state index in [9.17, 15) is 9.59 Å². The number of ether oxygens (including phenoxy) is 1. The van der Waals surface area contributed by atoms with Gasteiger partial charge >= 0.3 is 6.09 Å². The fraction of sp³-hybridized carbons (Fsp3) is 0.846. The first-order chi connectivity index (χ1) is 8.73. The van der Waals surface area contributed by atoms with E-state index in [1.54, 1.807) is 7.05 Å². The van der Waals surface area contributed by atoms with Crippen LogP contribution in [0.3, 0.4) is 0 Å².